The van der Waals surface area contributed by atoms with Crippen molar-refractivity contribution in [2.24, 2.45) is 0 Å². The first-order valence-corrected chi connectivity index (χ1v) is 18.9. The second-order valence-corrected chi connectivity index (χ2v) is 15.0. The molecular weight excluding hydrogens is 820 g/mol. The summed E-state index contributed by atoms with van der Waals surface area (Å²) in [6, 6.07) is 0. The minimum Gasteiger partial charge on any atom is -0.463 e. The first-order valence-electron chi connectivity index (χ1n) is 18.9. The number of esters is 1. The third kappa shape index (κ3) is 18.7. The second kappa shape index (κ2) is 29.1. The Morgan fingerprint density at radius 3 is 1.87 bits per heavy atom. The van der Waals surface area contributed by atoms with Gasteiger partial charge in [0, 0.05) is 20.0 Å². The van der Waals surface area contributed by atoms with E-state index in [4.69, 9.17) is 63.4 Å². The first-order chi connectivity index (χ1) is 26.4. The van der Waals surface area contributed by atoms with Gasteiger partial charge in [0.05, 0.1) is 76.3 Å². The average Bonchev–Trinajstić information content (AvgIpc) is 3.16. The van der Waals surface area contributed by atoms with Gasteiger partial charge in [0.15, 0.2) is 12.1 Å². The normalized spacial score (nSPS) is 40.6. The molecule has 0 saturated carbocycles. The molecule has 0 spiro atoms. The molecule has 17 atom stereocenters. The van der Waals surface area contributed by atoms with Crippen LogP contribution in [0.1, 0.15) is 53.4 Å². The van der Waals surface area contributed by atoms with E-state index in [1.807, 2.05) is 0 Å². The van der Waals surface area contributed by atoms with Crippen LogP contribution in [0.3, 0.4) is 0 Å². The van der Waals surface area contributed by atoms with Crippen molar-refractivity contribution < 1.29 is 126 Å². The van der Waals surface area contributed by atoms with Crippen molar-refractivity contribution in [3.8, 4) is 0 Å². The third-order valence-corrected chi connectivity index (χ3v) is 9.85. The van der Waals surface area contributed by atoms with Crippen LogP contribution in [0.4, 0.5) is 0 Å². The van der Waals surface area contributed by atoms with Crippen LogP contribution in [0.5, 0.6) is 0 Å². The van der Waals surface area contributed by atoms with E-state index in [2.05, 4.69) is 4.74 Å². The van der Waals surface area contributed by atoms with E-state index in [0.29, 0.717) is 26.1 Å². The van der Waals surface area contributed by atoms with Crippen molar-refractivity contribution >= 4 is 5.97 Å². The number of aliphatic hydroxyl groups is 11. The monoisotopic (exact) mass is 892 g/mol. The third-order valence-electron chi connectivity index (χ3n) is 9.85. The molecule has 25 heteroatoms. The summed E-state index contributed by atoms with van der Waals surface area (Å²) in [7, 11) is 0. The van der Waals surface area contributed by atoms with Gasteiger partial charge in [-0.15, -0.1) is 0 Å². The Bertz CT molecular complexity index is 1110. The molecule has 0 amide bonds. The maximum atomic E-state index is 10.5. The average molecular weight is 893 g/mol. The molecule has 6 heterocycles. The van der Waals surface area contributed by atoms with Crippen LogP contribution >= 0.6 is 0 Å². The fourth-order valence-corrected chi connectivity index (χ4v) is 6.34. The Morgan fingerprint density at radius 2 is 1.30 bits per heavy atom. The van der Waals surface area contributed by atoms with E-state index >= 15 is 0 Å². The van der Waals surface area contributed by atoms with Crippen molar-refractivity contribution in [1.82, 2.24) is 0 Å². The number of hydrogen-bond donors (Lipinski definition) is 11. The van der Waals surface area contributed by atoms with Gasteiger partial charge in [-0.3, -0.25) is 4.79 Å². The van der Waals surface area contributed by atoms with Crippen LogP contribution in [-0.2, 0) is 47.4 Å². The van der Waals surface area contributed by atoms with Crippen LogP contribution in [-0.4, -0.2) is 247 Å². The maximum absolute atomic E-state index is 10.5. The largest absolute Gasteiger partial charge is 0.463 e. The number of carbonyl (C=O) groups is 1. The van der Waals surface area contributed by atoms with Gasteiger partial charge in [-0.1, -0.05) is 0 Å². The molecule has 0 aromatic heterocycles. The molecule has 6 aliphatic rings. The molecule has 19 N–H and O–H groups in total. The molecule has 0 aromatic carbocycles. The van der Waals surface area contributed by atoms with E-state index in [0.717, 1.165) is 12.8 Å². The highest BCUT2D eigenvalue weighted by Gasteiger charge is 2.52. The maximum Gasteiger partial charge on any atom is 0.302 e. The Morgan fingerprint density at radius 1 is 0.683 bits per heavy atom. The summed E-state index contributed by atoms with van der Waals surface area (Å²) in [5, 5.41) is 103. The van der Waals surface area contributed by atoms with Gasteiger partial charge in [-0.2, -0.15) is 0 Å². The van der Waals surface area contributed by atoms with Crippen LogP contribution in [0.2, 0.25) is 0 Å². The summed E-state index contributed by atoms with van der Waals surface area (Å²) in [6.07, 6.45) is -11.2. The van der Waals surface area contributed by atoms with Gasteiger partial charge in [-0.25, -0.2) is 0 Å². The summed E-state index contributed by atoms with van der Waals surface area (Å²) in [5.41, 5.74) is 0. The van der Waals surface area contributed by atoms with E-state index < -0.39 is 97.4 Å². The minimum atomic E-state index is -1.38. The van der Waals surface area contributed by atoms with Crippen molar-refractivity contribution in [3.63, 3.8) is 0 Å². The van der Waals surface area contributed by atoms with E-state index in [1.54, 1.807) is 20.8 Å². The fourth-order valence-electron chi connectivity index (χ4n) is 6.34. The van der Waals surface area contributed by atoms with Gasteiger partial charge in [0.1, 0.15) is 67.6 Å². The van der Waals surface area contributed by atoms with Crippen LogP contribution < -0.4 is 0 Å². The number of aliphatic hydroxyl groups excluding tert-OH is 11. The molecule has 6 saturated heterocycles. The molecule has 6 rings (SSSR count). The summed E-state index contributed by atoms with van der Waals surface area (Å²) in [4.78, 5) is 10.5. The Hall–Kier alpha value is -1.45. The number of rotatable bonds is 6. The summed E-state index contributed by atoms with van der Waals surface area (Å²) >= 11 is 0. The van der Waals surface area contributed by atoms with Gasteiger partial charge in [-0.05, 0) is 40.0 Å². The minimum absolute atomic E-state index is 0. The van der Waals surface area contributed by atoms with Crippen LogP contribution in [0.15, 0.2) is 0 Å². The standard InChI is InChI=1S/C15H26O9.C8H14O5.C6H12O4.C6H12O3.4H2O/c1-6-12(9(17)7(16)4-20-6)23-14-11(19)10(18)13-8(22-14)5-21-15(2,3)24-13;1-5(9)13-4-7-8(11)6(10)2-3-12-7;7-2-4-1-5(8)6(9)3-10-4;7-3-6-2-1-5(8)4-9-6;;;;/h6-14,16-19H,4-5H2,1-3H3;6-8,10-11H,2-4H2,1H3;4-9H,1-3H2;5-8H,1-4H2;4*1H2/t6?,7?,8?,9-,10-,11?,12+,13+,14-;6-,7?,8-;4?,5-,6?;;;;;/m001...../s1. The molecule has 0 radical (unpaired) electrons. The van der Waals surface area contributed by atoms with E-state index in [1.165, 1.54) is 6.92 Å². The SMILES string of the molecule is CC(=O)OCC1OCC[C@H](O)[C@@H]1O.CC1OCC(O)[C@H](O)[C@@H]1O[C@@H]1OC2COC(C)(C)O[C@H]2[C@@H](O)C1O.O.O.O.O.OCC1CCC(O)CO1.OCC1C[C@@H](O)C(O)CO1. The molecule has 362 valence electrons. The number of carbonyl (C=O) groups excluding carboxylic acids is 1. The summed E-state index contributed by atoms with van der Waals surface area (Å²) in [6.45, 7) is 7.41. The molecular formula is C35H72O25. The highest BCUT2D eigenvalue weighted by atomic mass is 16.8. The topological polar surface area (TPSA) is 449 Å². The zero-order valence-corrected chi connectivity index (χ0v) is 34.3. The molecule has 0 aromatic rings. The number of fused-ring (bicyclic) bond motifs is 1. The molecule has 9 unspecified atom stereocenters. The second-order valence-electron chi connectivity index (χ2n) is 15.0. The van der Waals surface area contributed by atoms with E-state index in [9.17, 15) is 35.4 Å². The summed E-state index contributed by atoms with van der Waals surface area (Å²) < 4.78 is 47.5. The quantitative estimate of drug-likeness (QED) is 0.110. The van der Waals surface area contributed by atoms with Crippen LogP contribution in [0.25, 0.3) is 0 Å². The predicted octanol–water partition coefficient (Wildman–Crippen LogP) is -8.12. The fraction of sp³-hybridized carbons (Fsp3) is 0.971. The van der Waals surface area contributed by atoms with Crippen molar-refractivity contribution in [3.05, 3.63) is 0 Å². The van der Waals surface area contributed by atoms with Gasteiger partial charge < -0.3 is 121 Å². The number of hydrogen-bond acceptors (Lipinski definition) is 21. The van der Waals surface area contributed by atoms with Crippen LogP contribution in [0, 0.1) is 0 Å². The Labute approximate surface area is 347 Å². The van der Waals surface area contributed by atoms with Crippen molar-refractivity contribution in [2.75, 3.05) is 52.9 Å². The molecule has 25 nitrogen and oxygen atoms in total. The van der Waals surface area contributed by atoms with Gasteiger partial charge in [0.25, 0.3) is 0 Å². The highest BCUT2D eigenvalue weighted by molar-refractivity contribution is 5.65. The number of ether oxygens (including phenoxy) is 9. The lowest BCUT2D eigenvalue weighted by molar-refractivity contribution is -0.392. The van der Waals surface area contributed by atoms with Gasteiger partial charge >= 0.3 is 5.97 Å². The Kier molecular flexibility index (Phi) is 29.4. The lowest BCUT2D eigenvalue weighted by Crippen LogP contribution is -2.66. The van der Waals surface area contributed by atoms with Crippen molar-refractivity contribution in [2.45, 2.75) is 163 Å². The zero-order chi connectivity index (χ0) is 41.7. The smallest absolute Gasteiger partial charge is 0.302 e. The highest BCUT2D eigenvalue weighted by Crippen LogP contribution is 2.34. The Balaban J connectivity index is 0. The molecule has 6 aliphatic heterocycles. The first kappa shape index (κ1) is 60.6. The van der Waals surface area contributed by atoms with Gasteiger partial charge in [0.2, 0.25) is 0 Å². The molecule has 6 fully saturated rings. The molecule has 60 heavy (non-hydrogen) atoms. The van der Waals surface area contributed by atoms with E-state index in [-0.39, 0.29) is 79.9 Å². The van der Waals surface area contributed by atoms with Crippen molar-refractivity contribution in [1.29, 1.82) is 0 Å². The predicted molar refractivity (Wildman–Crippen MR) is 201 cm³/mol. The molecule has 0 aliphatic carbocycles. The summed E-state index contributed by atoms with van der Waals surface area (Å²) in [5.74, 6) is -1.30. The zero-order valence-electron chi connectivity index (χ0n) is 34.3. The lowest BCUT2D eigenvalue weighted by atomic mass is 9.96. The molecule has 0 bridgehead atoms. The lowest BCUT2D eigenvalue weighted by Gasteiger charge is -2.49.